The number of esters is 1. The van der Waals surface area contributed by atoms with Crippen molar-refractivity contribution < 1.29 is 13.9 Å². The van der Waals surface area contributed by atoms with Crippen LogP contribution in [0.5, 0.6) is 0 Å². The molecule has 5 nitrogen and oxygen atoms in total. The van der Waals surface area contributed by atoms with E-state index in [-0.39, 0.29) is 12.4 Å². The van der Waals surface area contributed by atoms with E-state index in [1.54, 1.807) is 24.3 Å². The fourth-order valence-corrected chi connectivity index (χ4v) is 3.16. The molecule has 1 aromatic heterocycles. The number of pyridine rings is 1. The summed E-state index contributed by atoms with van der Waals surface area (Å²) < 4.78 is 18.3. The summed E-state index contributed by atoms with van der Waals surface area (Å²) in [7, 11) is 0. The quantitative estimate of drug-likeness (QED) is 0.720. The lowest BCUT2D eigenvalue weighted by atomic mass is 10.1. The Labute approximate surface area is 156 Å². The number of carbonyl (C=O) groups excluding carboxylic acids is 1. The van der Waals surface area contributed by atoms with Crippen molar-refractivity contribution in [2.75, 3.05) is 31.1 Å². The number of nitrogens with zero attached hydrogens (tertiary/aromatic N) is 2. The average Bonchev–Trinajstić information content (AvgIpc) is 2.73. The molecule has 0 bridgehead atoms. The molecule has 0 spiro atoms. The first-order chi connectivity index (χ1) is 13.2. The number of fused-ring (bicyclic) bond motifs is 1. The maximum absolute atomic E-state index is 12.9. The number of hydrogen-bond donors (Lipinski definition) is 1. The summed E-state index contributed by atoms with van der Waals surface area (Å²) in [6.07, 6.45) is 1.88. The van der Waals surface area contributed by atoms with Crippen LogP contribution < -0.4 is 10.2 Å². The van der Waals surface area contributed by atoms with E-state index in [9.17, 15) is 9.18 Å². The molecule has 0 radical (unpaired) electrons. The molecule has 138 valence electrons. The summed E-state index contributed by atoms with van der Waals surface area (Å²) in [6, 6.07) is 13.3. The third-order valence-corrected chi connectivity index (χ3v) is 4.67. The van der Waals surface area contributed by atoms with Crippen molar-refractivity contribution in [2.24, 2.45) is 0 Å². The molecular weight excluding hydrogens is 345 g/mol. The normalized spacial score (nSPS) is 14.3. The number of anilines is 1. The van der Waals surface area contributed by atoms with E-state index >= 15 is 0 Å². The molecule has 4 rings (SSSR count). The van der Waals surface area contributed by atoms with Crippen LogP contribution in [0.1, 0.15) is 15.9 Å². The van der Waals surface area contributed by atoms with Crippen molar-refractivity contribution in [1.29, 1.82) is 0 Å². The zero-order valence-electron chi connectivity index (χ0n) is 14.8. The summed E-state index contributed by atoms with van der Waals surface area (Å²) in [5.74, 6) is -0.721. The maximum atomic E-state index is 12.9. The SMILES string of the molecule is O=C(OCc1ccc(F)cc1)c1ccc2ncc(N3CCNCC3)cc2c1. The largest absolute Gasteiger partial charge is 0.457 e. The molecule has 2 heterocycles. The first-order valence-corrected chi connectivity index (χ1v) is 8.96. The molecule has 3 aromatic rings. The Kier molecular flexibility index (Phi) is 4.98. The zero-order valence-corrected chi connectivity index (χ0v) is 14.8. The van der Waals surface area contributed by atoms with Gasteiger partial charge >= 0.3 is 5.97 Å². The van der Waals surface area contributed by atoms with Gasteiger partial charge in [-0.25, -0.2) is 9.18 Å². The second-order valence-corrected chi connectivity index (χ2v) is 6.54. The van der Waals surface area contributed by atoms with Gasteiger partial charge in [0, 0.05) is 31.6 Å². The Morgan fingerprint density at radius 2 is 1.89 bits per heavy atom. The minimum Gasteiger partial charge on any atom is -0.457 e. The van der Waals surface area contributed by atoms with E-state index in [0.717, 1.165) is 48.3 Å². The molecule has 0 amide bonds. The summed E-state index contributed by atoms with van der Waals surface area (Å²) in [6.45, 7) is 3.89. The lowest BCUT2D eigenvalue weighted by Crippen LogP contribution is -2.43. The Balaban J connectivity index is 1.50. The Morgan fingerprint density at radius 1 is 1.11 bits per heavy atom. The first-order valence-electron chi connectivity index (χ1n) is 8.96. The van der Waals surface area contributed by atoms with Crippen LogP contribution in [0, 0.1) is 5.82 Å². The topological polar surface area (TPSA) is 54.5 Å². The minimum absolute atomic E-state index is 0.107. The third kappa shape index (κ3) is 4.06. The van der Waals surface area contributed by atoms with E-state index in [1.165, 1.54) is 12.1 Å². The van der Waals surface area contributed by atoms with Crippen LogP contribution in [-0.4, -0.2) is 37.1 Å². The molecule has 0 saturated carbocycles. The van der Waals surface area contributed by atoms with Gasteiger partial charge in [-0.15, -0.1) is 0 Å². The Morgan fingerprint density at radius 3 is 2.67 bits per heavy atom. The number of halogens is 1. The van der Waals surface area contributed by atoms with Crippen molar-refractivity contribution in [3.8, 4) is 0 Å². The van der Waals surface area contributed by atoms with Gasteiger partial charge in [-0.1, -0.05) is 12.1 Å². The number of rotatable bonds is 4. The standard InChI is InChI=1S/C21H20FN3O2/c22-18-4-1-15(2-5-18)14-27-21(26)16-3-6-20-17(11-16)12-19(13-24-20)25-9-7-23-8-10-25/h1-6,11-13,23H,7-10,14H2. The van der Waals surface area contributed by atoms with E-state index in [1.807, 2.05) is 12.3 Å². The minimum atomic E-state index is -0.409. The number of nitrogens with one attached hydrogen (secondary N) is 1. The predicted molar refractivity (Wildman–Crippen MR) is 102 cm³/mol. The average molecular weight is 365 g/mol. The highest BCUT2D eigenvalue weighted by Gasteiger charge is 2.13. The van der Waals surface area contributed by atoms with Gasteiger partial charge in [0.15, 0.2) is 0 Å². The van der Waals surface area contributed by atoms with Crippen molar-refractivity contribution in [1.82, 2.24) is 10.3 Å². The van der Waals surface area contributed by atoms with Gasteiger partial charge < -0.3 is 15.0 Å². The van der Waals surface area contributed by atoms with Gasteiger partial charge in [0.2, 0.25) is 0 Å². The fourth-order valence-electron chi connectivity index (χ4n) is 3.16. The molecule has 1 fully saturated rings. The molecule has 1 aliphatic heterocycles. The van der Waals surface area contributed by atoms with Gasteiger partial charge in [0.1, 0.15) is 12.4 Å². The second-order valence-electron chi connectivity index (χ2n) is 6.54. The van der Waals surface area contributed by atoms with Crippen LogP contribution in [0.15, 0.2) is 54.7 Å². The highest BCUT2D eigenvalue weighted by molar-refractivity contribution is 5.95. The van der Waals surface area contributed by atoms with Crippen molar-refractivity contribution in [2.45, 2.75) is 6.61 Å². The number of aromatic nitrogens is 1. The van der Waals surface area contributed by atoms with Crippen LogP contribution in [-0.2, 0) is 11.3 Å². The number of carbonyl (C=O) groups is 1. The summed E-state index contributed by atoms with van der Waals surface area (Å²) in [4.78, 5) is 19.2. The highest BCUT2D eigenvalue weighted by Crippen LogP contribution is 2.22. The fraction of sp³-hybridized carbons (Fsp3) is 0.238. The summed E-state index contributed by atoms with van der Waals surface area (Å²) >= 11 is 0. The molecule has 1 N–H and O–H groups in total. The van der Waals surface area contributed by atoms with E-state index in [0.29, 0.717) is 5.56 Å². The Hall–Kier alpha value is -2.99. The summed E-state index contributed by atoms with van der Waals surface area (Å²) in [5.41, 5.74) is 3.11. The molecule has 2 aromatic carbocycles. The van der Waals surface area contributed by atoms with Crippen LogP contribution in [0.3, 0.4) is 0 Å². The predicted octanol–water partition coefficient (Wildman–Crippen LogP) is 3.14. The Bertz CT molecular complexity index is 953. The molecule has 0 aliphatic carbocycles. The molecular formula is C21H20FN3O2. The number of piperazine rings is 1. The molecule has 1 aliphatic rings. The molecule has 0 unspecified atom stereocenters. The van der Waals surface area contributed by atoms with Crippen molar-refractivity contribution >= 4 is 22.6 Å². The van der Waals surface area contributed by atoms with Crippen molar-refractivity contribution in [3.63, 3.8) is 0 Å². The van der Waals surface area contributed by atoms with Crippen LogP contribution >= 0.6 is 0 Å². The molecule has 0 atom stereocenters. The highest BCUT2D eigenvalue weighted by atomic mass is 19.1. The lowest BCUT2D eigenvalue weighted by molar-refractivity contribution is 0.0473. The van der Waals surface area contributed by atoms with Crippen molar-refractivity contribution in [3.05, 3.63) is 71.7 Å². The van der Waals surface area contributed by atoms with Crippen LogP contribution in [0.25, 0.3) is 10.9 Å². The third-order valence-electron chi connectivity index (χ3n) is 4.67. The lowest BCUT2D eigenvalue weighted by Gasteiger charge is -2.29. The van der Waals surface area contributed by atoms with E-state index in [2.05, 4.69) is 21.3 Å². The van der Waals surface area contributed by atoms with E-state index in [4.69, 9.17) is 4.74 Å². The molecule has 6 heteroatoms. The number of benzene rings is 2. The maximum Gasteiger partial charge on any atom is 0.338 e. The van der Waals surface area contributed by atoms with Crippen LogP contribution in [0.2, 0.25) is 0 Å². The second kappa shape index (κ2) is 7.72. The van der Waals surface area contributed by atoms with Gasteiger partial charge in [-0.05, 0) is 42.0 Å². The van der Waals surface area contributed by atoms with Gasteiger partial charge in [0.05, 0.1) is 23.0 Å². The smallest absolute Gasteiger partial charge is 0.338 e. The molecule has 1 saturated heterocycles. The monoisotopic (exact) mass is 365 g/mol. The first kappa shape index (κ1) is 17.4. The van der Waals surface area contributed by atoms with Gasteiger partial charge in [-0.2, -0.15) is 0 Å². The zero-order chi connectivity index (χ0) is 18.6. The molecule has 27 heavy (non-hydrogen) atoms. The van der Waals surface area contributed by atoms with E-state index < -0.39 is 5.97 Å². The van der Waals surface area contributed by atoms with Crippen LogP contribution in [0.4, 0.5) is 10.1 Å². The van der Waals surface area contributed by atoms with Gasteiger partial charge in [0.25, 0.3) is 0 Å². The number of hydrogen-bond acceptors (Lipinski definition) is 5. The number of ether oxygens (including phenoxy) is 1. The van der Waals surface area contributed by atoms with Gasteiger partial charge in [-0.3, -0.25) is 4.98 Å². The summed E-state index contributed by atoms with van der Waals surface area (Å²) in [5, 5.41) is 4.24.